The van der Waals surface area contributed by atoms with Gasteiger partial charge in [0.05, 0.1) is 18.4 Å². The van der Waals surface area contributed by atoms with Gasteiger partial charge in [0.25, 0.3) is 0 Å². The third-order valence-corrected chi connectivity index (χ3v) is 7.07. The molecule has 0 bridgehead atoms. The summed E-state index contributed by atoms with van der Waals surface area (Å²) in [6, 6.07) is 23.1. The van der Waals surface area contributed by atoms with Crippen molar-refractivity contribution < 1.29 is 19.1 Å². The molecule has 1 aliphatic rings. The maximum Gasteiger partial charge on any atom is 0.412 e. The average Bonchev–Trinajstić information content (AvgIpc) is 3.42. The molecule has 0 saturated carbocycles. The van der Waals surface area contributed by atoms with Gasteiger partial charge in [0.15, 0.2) is 5.60 Å². The number of hydrogen-bond donors (Lipinski definition) is 1. The zero-order chi connectivity index (χ0) is 22.7. The fourth-order valence-corrected chi connectivity index (χ4v) is 5.66. The number of aliphatic hydroxyl groups is 1. The second-order valence-corrected chi connectivity index (χ2v) is 9.36. The van der Waals surface area contributed by atoms with Crippen LogP contribution in [-0.2, 0) is 16.8 Å². The van der Waals surface area contributed by atoms with Crippen LogP contribution in [0, 0.1) is 5.92 Å². The number of carbonyl (C=O) groups excluding carboxylic acids is 1. The van der Waals surface area contributed by atoms with E-state index in [1.807, 2.05) is 73.0 Å². The molecule has 1 saturated heterocycles. The van der Waals surface area contributed by atoms with Gasteiger partial charge in [0.1, 0.15) is 11.1 Å². The minimum Gasteiger partial charge on any atom is -0.469 e. The average molecular weight is 452 g/mol. The number of amides is 1. The largest absolute Gasteiger partial charge is 0.469 e. The highest BCUT2D eigenvalue weighted by Crippen LogP contribution is 2.49. The molecule has 1 N–H and O–H groups in total. The second kappa shape index (κ2) is 9.43. The number of benzene rings is 2. The van der Waals surface area contributed by atoms with Crippen LogP contribution in [0.4, 0.5) is 4.79 Å². The van der Waals surface area contributed by atoms with E-state index >= 15 is 0 Å². The number of hydrogen-bond acceptors (Lipinski definition) is 5. The van der Waals surface area contributed by atoms with Gasteiger partial charge in [-0.1, -0.05) is 74.5 Å². The molecular formula is C26H29NO4S. The van der Waals surface area contributed by atoms with Gasteiger partial charge in [-0.25, -0.2) is 4.79 Å². The molecule has 1 fully saturated rings. The Labute approximate surface area is 193 Å². The Hall–Kier alpha value is -2.70. The Bertz CT molecular complexity index is 967. The topological polar surface area (TPSA) is 62.9 Å². The van der Waals surface area contributed by atoms with Gasteiger partial charge in [-0.2, -0.15) is 0 Å². The van der Waals surface area contributed by atoms with Crippen molar-refractivity contribution in [3.63, 3.8) is 0 Å². The summed E-state index contributed by atoms with van der Waals surface area (Å²) in [5.74, 6) is 0.745. The van der Waals surface area contributed by atoms with Gasteiger partial charge in [0.2, 0.25) is 0 Å². The van der Waals surface area contributed by atoms with Crippen LogP contribution < -0.4 is 0 Å². The zero-order valence-electron chi connectivity index (χ0n) is 18.5. The lowest BCUT2D eigenvalue weighted by molar-refractivity contribution is 0.0476. The van der Waals surface area contributed by atoms with Gasteiger partial charge in [0, 0.05) is 17.5 Å². The van der Waals surface area contributed by atoms with Crippen molar-refractivity contribution in [1.29, 1.82) is 0 Å². The van der Waals surface area contributed by atoms with Crippen LogP contribution >= 0.6 is 11.8 Å². The smallest absolute Gasteiger partial charge is 0.412 e. The Morgan fingerprint density at radius 1 is 1.00 bits per heavy atom. The Morgan fingerprint density at radius 2 is 1.59 bits per heavy atom. The maximum absolute atomic E-state index is 13.5. The van der Waals surface area contributed by atoms with E-state index in [4.69, 9.17) is 9.15 Å². The van der Waals surface area contributed by atoms with Crippen molar-refractivity contribution in [2.45, 2.75) is 43.4 Å². The van der Waals surface area contributed by atoms with E-state index in [-0.39, 0.29) is 12.0 Å². The first-order valence-electron chi connectivity index (χ1n) is 10.8. The first-order valence-corrected chi connectivity index (χ1v) is 12.1. The Kier molecular flexibility index (Phi) is 6.63. The van der Waals surface area contributed by atoms with E-state index in [0.29, 0.717) is 12.2 Å². The minimum atomic E-state index is -0.980. The highest BCUT2D eigenvalue weighted by atomic mass is 32.2. The highest BCUT2D eigenvalue weighted by Gasteiger charge is 2.59. The van der Waals surface area contributed by atoms with E-state index < -0.39 is 23.2 Å². The standard InChI is InChI=1S/C26H29NO4S/c1-18(2)23-26(19-11-6-4-7-12-19,20-13-8-5-9-14-20)31-25(29)27(23)24(32-3)22(28)17-21-15-10-16-30-21/h4-16,18,22-24,28H,17H2,1-3H3/t22-,23+,24+/m1/s1. The van der Waals surface area contributed by atoms with Crippen LogP contribution in [0.15, 0.2) is 83.5 Å². The van der Waals surface area contributed by atoms with Crippen molar-refractivity contribution in [3.8, 4) is 0 Å². The highest BCUT2D eigenvalue weighted by molar-refractivity contribution is 7.99. The van der Waals surface area contributed by atoms with Crippen molar-refractivity contribution in [2.75, 3.05) is 6.26 Å². The number of nitrogens with zero attached hydrogens (tertiary/aromatic N) is 1. The number of aliphatic hydroxyl groups excluding tert-OH is 1. The molecule has 0 spiro atoms. The summed E-state index contributed by atoms with van der Waals surface area (Å²) in [5.41, 5.74) is 0.855. The second-order valence-electron chi connectivity index (χ2n) is 8.41. The third-order valence-electron chi connectivity index (χ3n) is 6.05. The summed E-state index contributed by atoms with van der Waals surface area (Å²) in [6.45, 7) is 4.19. The quantitative estimate of drug-likeness (QED) is 0.504. The molecule has 5 nitrogen and oxygen atoms in total. The zero-order valence-corrected chi connectivity index (χ0v) is 19.4. The fraction of sp³-hybridized carbons (Fsp3) is 0.346. The normalized spacial score (nSPS) is 19.7. The van der Waals surface area contributed by atoms with Gasteiger partial charge >= 0.3 is 6.09 Å². The lowest BCUT2D eigenvalue weighted by atomic mass is 9.75. The number of cyclic esters (lactones) is 1. The number of rotatable bonds is 8. The molecule has 3 atom stereocenters. The van der Waals surface area contributed by atoms with Crippen molar-refractivity contribution in [3.05, 3.63) is 95.9 Å². The van der Waals surface area contributed by atoms with Gasteiger partial charge in [-0.3, -0.25) is 4.90 Å². The monoisotopic (exact) mass is 451 g/mol. The molecule has 2 heterocycles. The number of thioether (sulfide) groups is 1. The number of furan rings is 1. The third kappa shape index (κ3) is 3.93. The predicted octanol–water partition coefficient (Wildman–Crippen LogP) is 5.29. The van der Waals surface area contributed by atoms with E-state index in [1.165, 1.54) is 11.8 Å². The van der Waals surface area contributed by atoms with Crippen LogP contribution in [0.1, 0.15) is 30.7 Å². The van der Waals surface area contributed by atoms with Crippen LogP contribution in [0.5, 0.6) is 0 Å². The van der Waals surface area contributed by atoms with Crippen LogP contribution in [0.25, 0.3) is 0 Å². The molecular weight excluding hydrogens is 422 g/mol. The first kappa shape index (κ1) is 22.5. The Balaban J connectivity index is 1.82. The predicted molar refractivity (Wildman–Crippen MR) is 126 cm³/mol. The molecule has 168 valence electrons. The molecule has 3 aromatic rings. The minimum absolute atomic E-state index is 0.0623. The van der Waals surface area contributed by atoms with Crippen molar-refractivity contribution in [2.24, 2.45) is 5.92 Å². The van der Waals surface area contributed by atoms with Crippen LogP contribution in [0.2, 0.25) is 0 Å². The summed E-state index contributed by atoms with van der Waals surface area (Å²) in [6.07, 6.45) is 2.58. The molecule has 0 aliphatic carbocycles. The fourth-order valence-electron chi connectivity index (χ4n) is 4.80. The molecule has 0 unspecified atom stereocenters. The van der Waals surface area contributed by atoms with Crippen LogP contribution in [0.3, 0.4) is 0 Å². The molecule has 4 rings (SSSR count). The number of carbonyl (C=O) groups is 1. The van der Waals surface area contributed by atoms with E-state index in [1.54, 1.807) is 17.2 Å². The summed E-state index contributed by atoms with van der Waals surface area (Å²) in [4.78, 5) is 15.3. The molecule has 6 heteroatoms. The van der Waals surface area contributed by atoms with E-state index in [2.05, 4.69) is 13.8 Å². The van der Waals surface area contributed by atoms with Gasteiger partial charge in [-0.05, 0) is 24.3 Å². The van der Waals surface area contributed by atoms with Crippen molar-refractivity contribution >= 4 is 17.9 Å². The summed E-state index contributed by atoms with van der Waals surface area (Å²) >= 11 is 1.45. The lowest BCUT2D eigenvalue weighted by Crippen LogP contribution is -2.53. The lowest BCUT2D eigenvalue weighted by Gasteiger charge is -2.41. The molecule has 2 aromatic carbocycles. The molecule has 1 aromatic heterocycles. The summed E-state index contributed by atoms with van der Waals surface area (Å²) in [7, 11) is 0. The van der Waals surface area contributed by atoms with Gasteiger partial charge < -0.3 is 14.3 Å². The summed E-state index contributed by atoms with van der Waals surface area (Å²) in [5, 5.41) is 10.6. The number of ether oxygens (including phenoxy) is 1. The van der Waals surface area contributed by atoms with E-state index in [0.717, 1.165) is 11.1 Å². The Morgan fingerprint density at radius 3 is 2.06 bits per heavy atom. The SMILES string of the molecule is CS[C@@H]([C@H](O)Cc1ccco1)N1C(=O)OC(c2ccccc2)(c2ccccc2)[C@@H]1C(C)C. The molecule has 0 radical (unpaired) electrons. The molecule has 1 amide bonds. The van der Waals surface area contributed by atoms with Gasteiger partial charge in [-0.15, -0.1) is 11.8 Å². The molecule has 1 aliphatic heterocycles. The summed E-state index contributed by atoms with van der Waals surface area (Å²) < 4.78 is 11.8. The molecule has 32 heavy (non-hydrogen) atoms. The maximum atomic E-state index is 13.5. The van der Waals surface area contributed by atoms with Crippen LogP contribution in [-0.4, -0.2) is 39.9 Å². The van der Waals surface area contributed by atoms with Crippen molar-refractivity contribution in [1.82, 2.24) is 4.90 Å². The van der Waals surface area contributed by atoms with E-state index in [9.17, 15) is 9.90 Å². The first-order chi connectivity index (χ1) is 15.5.